The number of allylic oxidation sites excluding steroid dienone is 1. The number of nitrogens with zero attached hydrogens (tertiary/aromatic N) is 1. The van der Waals surface area contributed by atoms with Crippen LogP contribution in [0.25, 0.3) is 0 Å². The second-order valence-electron chi connectivity index (χ2n) is 4.61. The molecule has 0 bridgehead atoms. The van der Waals surface area contributed by atoms with E-state index < -0.39 is 5.91 Å². The van der Waals surface area contributed by atoms with E-state index in [-0.39, 0.29) is 12.3 Å². The number of nitriles is 1. The molecule has 1 aliphatic rings. The van der Waals surface area contributed by atoms with Crippen LogP contribution in [0, 0.1) is 17.2 Å². The van der Waals surface area contributed by atoms with Crippen molar-refractivity contribution in [2.45, 2.75) is 19.3 Å². The van der Waals surface area contributed by atoms with E-state index in [1.54, 1.807) is 30.3 Å². The van der Waals surface area contributed by atoms with Crippen molar-refractivity contribution in [3.8, 4) is 6.07 Å². The Morgan fingerprint density at radius 3 is 2.50 bits per heavy atom. The number of rotatable bonds is 5. The van der Waals surface area contributed by atoms with Gasteiger partial charge in [-0.2, -0.15) is 5.26 Å². The number of amides is 2. The maximum Gasteiger partial charge on any atom is 0.248 e. The molecule has 2 N–H and O–H groups in total. The predicted molar refractivity (Wildman–Crippen MR) is 75.8 cm³/mol. The molecule has 0 saturated heterocycles. The number of nitrogens with one attached hydrogen (secondary N) is 2. The number of anilines is 2. The van der Waals surface area contributed by atoms with Gasteiger partial charge in [-0.05, 0) is 37.0 Å². The number of carbonyl (C=O) groups is 2. The van der Waals surface area contributed by atoms with E-state index in [1.165, 1.54) is 6.08 Å². The zero-order chi connectivity index (χ0) is 14.4. The van der Waals surface area contributed by atoms with E-state index in [0.717, 1.165) is 12.8 Å². The molecule has 2 amide bonds. The van der Waals surface area contributed by atoms with Crippen LogP contribution in [0.3, 0.4) is 0 Å². The van der Waals surface area contributed by atoms with Gasteiger partial charge >= 0.3 is 0 Å². The third kappa shape index (κ3) is 4.25. The van der Waals surface area contributed by atoms with Crippen LogP contribution >= 0.6 is 0 Å². The highest BCUT2D eigenvalue weighted by Gasteiger charge is 2.17. The molecule has 1 saturated carbocycles. The molecular formula is C15H15N3O2. The molecular weight excluding hydrogens is 254 g/mol. The smallest absolute Gasteiger partial charge is 0.248 e. The van der Waals surface area contributed by atoms with Gasteiger partial charge in [0, 0.05) is 0 Å². The fourth-order valence-corrected chi connectivity index (χ4v) is 1.65. The van der Waals surface area contributed by atoms with Gasteiger partial charge in [-0.3, -0.25) is 9.59 Å². The van der Waals surface area contributed by atoms with Crippen molar-refractivity contribution >= 4 is 23.2 Å². The topological polar surface area (TPSA) is 82.0 Å². The second kappa shape index (κ2) is 6.53. The SMILES string of the molecule is N#CCC(=O)Nc1ccccc1NC(=O)/C=C/C1CC1. The summed E-state index contributed by atoms with van der Waals surface area (Å²) in [6.45, 7) is 0. The van der Waals surface area contributed by atoms with Gasteiger partial charge in [0.1, 0.15) is 6.42 Å². The van der Waals surface area contributed by atoms with Crippen LogP contribution < -0.4 is 10.6 Å². The van der Waals surface area contributed by atoms with Crippen LogP contribution in [-0.2, 0) is 9.59 Å². The summed E-state index contributed by atoms with van der Waals surface area (Å²) in [6.07, 6.45) is 5.48. The highest BCUT2D eigenvalue weighted by molar-refractivity contribution is 6.04. The number of hydrogen-bond acceptors (Lipinski definition) is 3. The molecule has 102 valence electrons. The van der Waals surface area contributed by atoms with E-state index in [9.17, 15) is 9.59 Å². The minimum Gasteiger partial charge on any atom is -0.323 e. The molecule has 1 fully saturated rings. The fourth-order valence-electron chi connectivity index (χ4n) is 1.65. The summed E-state index contributed by atoms with van der Waals surface area (Å²) >= 11 is 0. The Kier molecular flexibility index (Phi) is 4.51. The van der Waals surface area contributed by atoms with Crippen molar-refractivity contribution in [3.63, 3.8) is 0 Å². The Hall–Kier alpha value is -2.61. The van der Waals surface area contributed by atoms with Crippen LogP contribution in [0.1, 0.15) is 19.3 Å². The Morgan fingerprint density at radius 2 is 1.90 bits per heavy atom. The zero-order valence-corrected chi connectivity index (χ0v) is 10.9. The van der Waals surface area contributed by atoms with Gasteiger partial charge in [0.15, 0.2) is 0 Å². The lowest BCUT2D eigenvalue weighted by Crippen LogP contribution is -2.14. The highest BCUT2D eigenvalue weighted by atomic mass is 16.2. The summed E-state index contributed by atoms with van der Waals surface area (Å²) < 4.78 is 0. The predicted octanol–water partition coefficient (Wildman–Crippen LogP) is 2.44. The normalized spacial score (nSPS) is 13.8. The Labute approximate surface area is 117 Å². The summed E-state index contributed by atoms with van der Waals surface area (Å²) in [5.41, 5.74) is 1.00. The summed E-state index contributed by atoms with van der Waals surface area (Å²) in [5, 5.41) is 13.8. The maximum absolute atomic E-state index is 11.7. The molecule has 1 aromatic carbocycles. The first kappa shape index (κ1) is 13.8. The lowest BCUT2D eigenvalue weighted by atomic mass is 10.2. The first-order valence-electron chi connectivity index (χ1n) is 6.44. The standard InChI is InChI=1S/C15H15N3O2/c16-10-9-15(20)18-13-4-2-1-3-12(13)17-14(19)8-7-11-5-6-11/h1-4,7-8,11H,5-6,9H2,(H,17,19)(H,18,20)/b8-7+. The van der Waals surface area contributed by atoms with Crippen molar-refractivity contribution in [3.05, 3.63) is 36.4 Å². The van der Waals surface area contributed by atoms with Crippen molar-refractivity contribution in [2.24, 2.45) is 5.92 Å². The molecule has 2 rings (SSSR count). The van der Waals surface area contributed by atoms with Gasteiger partial charge in [0.25, 0.3) is 0 Å². The molecule has 5 heteroatoms. The number of para-hydroxylation sites is 2. The molecule has 1 aromatic rings. The molecule has 0 heterocycles. The fraction of sp³-hybridized carbons (Fsp3) is 0.267. The number of hydrogen-bond donors (Lipinski definition) is 2. The van der Waals surface area contributed by atoms with Gasteiger partial charge < -0.3 is 10.6 Å². The van der Waals surface area contributed by atoms with Crippen molar-refractivity contribution < 1.29 is 9.59 Å². The van der Waals surface area contributed by atoms with Gasteiger partial charge in [-0.25, -0.2) is 0 Å². The molecule has 0 unspecified atom stereocenters. The van der Waals surface area contributed by atoms with Gasteiger partial charge in [-0.15, -0.1) is 0 Å². The van der Waals surface area contributed by atoms with E-state index in [4.69, 9.17) is 5.26 Å². The molecule has 1 aliphatic carbocycles. The Bertz CT molecular complexity index is 583. The molecule has 0 aliphatic heterocycles. The summed E-state index contributed by atoms with van der Waals surface area (Å²) in [4.78, 5) is 23.2. The van der Waals surface area contributed by atoms with Crippen molar-refractivity contribution in [1.29, 1.82) is 5.26 Å². The molecule has 0 radical (unpaired) electrons. The average molecular weight is 269 g/mol. The summed E-state index contributed by atoms with van der Waals surface area (Å²) in [7, 11) is 0. The van der Waals surface area contributed by atoms with E-state index in [2.05, 4.69) is 10.6 Å². The minimum absolute atomic E-state index is 0.218. The number of benzene rings is 1. The first-order valence-corrected chi connectivity index (χ1v) is 6.44. The molecule has 0 atom stereocenters. The van der Waals surface area contributed by atoms with Crippen LogP contribution in [0.2, 0.25) is 0 Å². The van der Waals surface area contributed by atoms with Crippen LogP contribution in [-0.4, -0.2) is 11.8 Å². The van der Waals surface area contributed by atoms with E-state index in [1.807, 2.05) is 6.08 Å². The third-order valence-electron chi connectivity index (χ3n) is 2.84. The summed E-state index contributed by atoms with van der Waals surface area (Å²) in [6, 6.07) is 8.66. The zero-order valence-electron chi connectivity index (χ0n) is 10.9. The summed E-state index contributed by atoms with van der Waals surface area (Å²) in [5.74, 6) is -0.0899. The second-order valence-corrected chi connectivity index (χ2v) is 4.61. The van der Waals surface area contributed by atoms with E-state index >= 15 is 0 Å². The molecule has 0 aromatic heterocycles. The molecule has 0 spiro atoms. The first-order chi connectivity index (χ1) is 9.69. The Balaban J connectivity index is 2.01. The Morgan fingerprint density at radius 1 is 1.25 bits per heavy atom. The van der Waals surface area contributed by atoms with Crippen molar-refractivity contribution in [2.75, 3.05) is 10.6 Å². The minimum atomic E-state index is -0.400. The molecule has 20 heavy (non-hydrogen) atoms. The lowest BCUT2D eigenvalue weighted by Gasteiger charge is -2.10. The van der Waals surface area contributed by atoms with E-state index in [0.29, 0.717) is 17.3 Å². The van der Waals surface area contributed by atoms with Gasteiger partial charge in [0.05, 0.1) is 17.4 Å². The maximum atomic E-state index is 11.7. The lowest BCUT2D eigenvalue weighted by molar-refractivity contribution is -0.115. The average Bonchev–Trinajstić information content (AvgIpc) is 3.23. The van der Waals surface area contributed by atoms with Gasteiger partial charge in [0.2, 0.25) is 11.8 Å². The largest absolute Gasteiger partial charge is 0.323 e. The molecule has 5 nitrogen and oxygen atoms in total. The third-order valence-corrected chi connectivity index (χ3v) is 2.84. The van der Waals surface area contributed by atoms with Crippen molar-refractivity contribution in [1.82, 2.24) is 0 Å². The van der Waals surface area contributed by atoms with Gasteiger partial charge in [-0.1, -0.05) is 18.2 Å². The van der Waals surface area contributed by atoms with Crippen LogP contribution in [0.15, 0.2) is 36.4 Å². The number of carbonyl (C=O) groups excluding carboxylic acids is 2. The van der Waals surface area contributed by atoms with Crippen LogP contribution in [0.4, 0.5) is 11.4 Å². The quantitative estimate of drug-likeness (QED) is 0.805. The van der Waals surface area contributed by atoms with Crippen LogP contribution in [0.5, 0.6) is 0 Å². The highest BCUT2D eigenvalue weighted by Crippen LogP contribution is 2.30. The monoisotopic (exact) mass is 269 g/mol.